The van der Waals surface area contributed by atoms with Crippen molar-refractivity contribution in [2.75, 3.05) is 4.90 Å². The summed E-state index contributed by atoms with van der Waals surface area (Å²) in [5.41, 5.74) is 12.2. The van der Waals surface area contributed by atoms with E-state index < -0.39 is 0 Å². The number of rotatable bonds is 7. The van der Waals surface area contributed by atoms with E-state index >= 15 is 0 Å². The standard InChI is InChI=1S/C52H35NO/c1-3-12-36(13-4-1)37-24-28-44(29-25-37)53(46-32-33-48-42(35-46)23-22-39-14-7-8-19-47(39)48)45-30-26-38(27-31-45)41-17-11-18-43(34-41)52-51(40-15-5-2-6-16-40)49-20-9-10-21-50(49)54-52/h1-35H. The highest BCUT2D eigenvalue weighted by Gasteiger charge is 2.19. The van der Waals surface area contributed by atoms with Gasteiger partial charge in [-0.2, -0.15) is 0 Å². The van der Waals surface area contributed by atoms with Crippen LogP contribution < -0.4 is 4.90 Å². The molecule has 0 spiro atoms. The summed E-state index contributed by atoms with van der Waals surface area (Å²) < 4.78 is 6.56. The third-order valence-electron chi connectivity index (χ3n) is 10.5. The second-order valence-corrected chi connectivity index (χ2v) is 13.7. The van der Waals surface area contributed by atoms with Crippen LogP contribution >= 0.6 is 0 Å². The maximum Gasteiger partial charge on any atom is 0.143 e. The van der Waals surface area contributed by atoms with E-state index in [-0.39, 0.29) is 0 Å². The summed E-state index contributed by atoms with van der Waals surface area (Å²) in [6.07, 6.45) is 0. The molecule has 9 aromatic carbocycles. The average molecular weight is 690 g/mol. The highest BCUT2D eigenvalue weighted by atomic mass is 16.3. The molecule has 2 heteroatoms. The van der Waals surface area contributed by atoms with E-state index in [1.807, 2.05) is 12.1 Å². The number of hydrogen-bond donors (Lipinski definition) is 0. The summed E-state index contributed by atoms with van der Waals surface area (Å²) in [6, 6.07) is 75.7. The molecular formula is C52H35NO. The van der Waals surface area contributed by atoms with Gasteiger partial charge in [0.15, 0.2) is 0 Å². The molecule has 0 atom stereocenters. The zero-order valence-electron chi connectivity index (χ0n) is 29.6. The van der Waals surface area contributed by atoms with Gasteiger partial charge in [-0.1, -0.05) is 164 Å². The molecule has 54 heavy (non-hydrogen) atoms. The predicted molar refractivity (Wildman–Crippen MR) is 228 cm³/mol. The Morgan fingerprint density at radius 1 is 0.296 bits per heavy atom. The van der Waals surface area contributed by atoms with Crippen LogP contribution in [0.5, 0.6) is 0 Å². The Hall–Kier alpha value is -7.16. The van der Waals surface area contributed by atoms with Crippen molar-refractivity contribution in [1.82, 2.24) is 0 Å². The van der Waals surface area contributed by atoms with Crippen LogP contribution in [0.15, 0.2) is 217 Å². The smallest absolute Gasteiger partial charge is 0.143 e. The SMILES string of the molecule is c1ccc(-c2ccc(N(c3ccc(-c4cccc(-c5oc6ccccc6c5-c5ccccc5)c4)cc3)c3ccc4c(ccc5ccccc54)c3)cc2)cc1. The summed E-state index contributed by atoms with van der Waals surface area (Å²) >= 11 is 0. The Labute approximate surface area is 314 Å². The summed E-state index contributed by atoms with van der Waals surface area (Å²) in [5, 5.41) is 6.11. The largest absolute Gasteiger partial charge is 0.455 e. The normalized spacial score (nSPS) is 11.3. The quantitative estimate of drug-likeness (QED) is 0.155. The lowest BCUT2D eigenvalue weighted by Gasteiger charge is -2.26. The van der Waals surface area contributed by atoms with Crippen molar-refractivity contribution in [3.63, 3.8) is 0 Å². The van der Waals surface area contributed by atoms with Crippen molar-refractivity contribution in [1.29, 1.82) is 0 Å². The Bertz CT molecular complexity index is 2910. The van der Waals surface area contributed by atoms with Crippen LogP contribution in [-0.2, 0) is 0 Å². The molecule has 1 aromatic heterocycles. The molecule has 10 rings (SSSR count). The molecule has 10 aromatic rings. The van der Waals surface area contributed by atoms with Gasteiger partial charge < -0.3 is 9.32 Å². The van der Waals surface area contributed by atoms with Crippen LogP contribution in [0.2, 0.25) is 0 Å². The minimum absolute atomic E-state index is 0.884. The molecule has 0 saturated carbocycles. The van der Waals surface area contributed by atoms with Crippen LogP contribution in [0.1, 0.15) is 0 Å². The number of hydrogen-bond acceptors (Lipinski definition) is 2. The highest BCUT2D eigenvalue weighted by Crippen LogP contribution is 2.43. The van der Waals surface area contributed by atoms with Gasteiger partial charge >= 0.3 is 0 Å². The van der Waals surface area contributed by atoms with E-state index in [2.05, 4.69) is 205 Å². The van der Waals surface area contributed by atoms with Gasteiger partial charge in [-0.25, -0.2) is 0 Å². The van der Waals surface area contributed by atoms with Crippen molar-refractivity contribution < 1.29 is 4.42 Å². The fourth-order valence-electron chi connectivity index (χ4n) is 7.80. The lowest BCUT2D eigenvalue weighted by molar-refractivity contribution is 0.632. The maximum atomic E-state index is 6.56. The summed E-state index contributed by atoms with van der Waals surface area (Å²) in [4.78, 5) is 2.35. The molecule has 0 saturated heterocycles. The molecule has 0 fully saturated rings. The maximum absolute atomic E-state index is 6.56. The lowest BCUT2D eigenvalue weighted by atomic mass is 9.96. The first kappa shape index (κ1) is 31.6. The molecule has 0 aliphatic heterocycles. The van der Waals surface area contributed by atoms with Gasteiger partial charge in [-0.15, -0.1) is 0 Å². The van der Waals surface area contributed by atoms with E-state index in [0.717, 1.165) is 61.6 Å². The zero-order chi connectivity index (χ0) is 35.8. The van der Waals surface area contributed by atoms with Crippen LogP contribution in [0, 0.1) is 0 Å². The Balaban J connectivity index is 1.05. The number of furan rings is 1. The van der Waals surface area contributed by atoms with Crippen molar-refractivity contribution >= 4 is 49.6 Å². The lowest BCUT2D eigenvalue weighted by Crippen LogP contribution is -2.09. The minimum Gasteiger partial charge on any atom is -0.455 e. The number of nitrogens with zero attached hydrogens (tertiary/aromatic N) is 1. The highest BCUT2D eigenvalue weighted by molar-refractivity contribution is 6.08. The van der Waals surface area contributed by atoms with Crippen LogP contribution in [0.3, 0.4) is 0 Å². The number of para-hydroxylation sites is 1. The average Bonchev–Trinajstić information content (AvgIpc) is 3.65. The molecule has 0 unspecified atom stereocenters. The minimum atomic E-state index is 0.884. The predicted octanol–water partition coefficient (Wildman–Crippen LogP) is 14.9. The Morgan fingerprint density at radius 3 is 1.56 bits per heavy atom. The van der Waals surface area contributed by atoms with Gasteiger partial charge in [0.2, 0.25) is 0 Å². The molecule has 0 N–H and O–H groups in total. The second-order valence-electron chi connectivity index (χ2n) is 13.7. The van der Waals surface area contributed by atoms with E-state index in [0.29, 0.717) is 0 Å². The van der Waals surface area contributed by atoms with E-state index in [4.69, 9.17) is 4.42 Å². The molecule has 0 aliphatic rings. The van der Waals surface area contributed by atoms with Crippen molar-refractivity contribution in [2.24, 2.45) is 0 Å². The summed E-state index contributed by atoms with van der Waals surface area (Å²) in [6.45, 7) is 0. The number of benzene rings is 9. The zero-order valence-corrected chi connectivity index (χ0v) is 29.6. The third-order valence-corrected chi connectivity index (χ3v) is 10.5. The van der Waals surface area contributed by atoms with Gasteiger partial charge in [0, 0.05) is 33.6 Å². The molecule has 2 nitrogen and oxygen atoms in total. The fraction of sp³-hybridized carbons (Fsp3) is 0. The van der Waals surface area contributed by atoms with Crippen molar-refractivity contribution in [2.45, 2.75) is 0 Å². The Morgan fingerprint density at radius 2 is 0.815 bits per heavy atom. The first-order chi connectivity index (χ1) is 26.8. The third kappa shape index (κ3) is 5.71. The Kier molecular flexibility index (Phi) is 7.85. The monoisotopic (exact) mass is 689 g/mol. The molecule has 0 bridgehead atoms. The van der Waals surface area contributed by atoms with Crippen molar-refractivity contribution in [3.8, 4) is 44.7 Å². The van der Waals surface area contributed by atoms with E-state index in [9.17, 15) is 0 Å². The van der Waals surface area contributed by atoms with E-state index in [1.54, 1.807) is 0 Å². The topological polar surface area (TPSA) is 16.4 Å². The second kappa shape index (κ2) is 13.4. The van der Waals surface area contributed by atoms with Crippen LogP contribution in [0.25, 0.3) is 77.2 Å². The molecular weight excluding hydrogens is 655 g/mol. The van der Waals surface area contributed by atoms with Gasteiger partial charge in [0.25, 0.3) is 0 Å². The molecule has 0 aliphatic carbocycles. The van der Waals surface area contributed by atoms with Gasteiger partial charge in [0.1, 0.15) is 11.3 Å². The number of fused-ring (bicyclic) bond motifs is 4. The van der Waals surface area contributed by atoms with Crippen LogP contribution in [0.4, 0.5) is 17.1 Å². The molecule has 1 heterocycles. The molecule has 0 amide bonds. The summed E-state index contributed by atoms with van der Waals surface area (Å²) in [5.74, 6) is 0.884. The van der Waals surface area contributed by atoms with Gasteiger partial charge in [-0.05, 0) is 97.9 Å². The van der Waals surface area contributed by atoms with Gasteiger partial charge in [0.05, 0.1) is 0 Å². The molecule has 254 valence electrons. The fourth-order valence-corrected chi connectivity index (χ4v) is 7.80. The van der Waals surface area contributed by atoms with E-state index in [1.165, 1.54) is 32.7 Å². The first-order valence-corrected chi connectivity index (χ1v) is 18.4. The number of anilines is 3. The molecule has 0 radical (unpaired) electrons. The van der Waals surface area contributed by atoms with Gasteiger partial charge in [-0.3, -0.25) is 0 Å². The summed E-state index contributed by atoms with van der Waals surface area (Å²) in [7, 11) is 0. The van der Waals surface area contributed by atoms with Crippen LogP contribution in [-0.4, -0.2) is 0 Å². The van der Waals surface area contributed by atoms with Crippen molar-refractivity contribution in [3.05, 3.63) is 212 Å². The first-order valence-electron chi connectivity index (χ1n) is 18.4.